The lowest BCUT2D eigenvalue weighted by Gasteiger charge is -2.24. The van der Waals surface area contributed by atoms with Crippen molar-refractivity contribution >= 4 is 35.3 Å². The number of nitro benzene ring substituents is 1. The minimum absolute atomic E-state index is 0.0689. The Bertz CT molecular complexity index is 1500. The molecule has 0 fully saturated rings. The van der Waals surface area contributed by atoms with Crippen molar-refractivity contribution in [2.24, 2.45) is 0 Å². The van der Waals surface area contributed by atoms with Crippen molar-refractivity contribution < 1.29 is 14.1 Å². The molecule has 1 unspecified atom stereocenters. The normalized spacial score (nSPS) is 14.6. The topological polar surface area (TPSA) is 115 Å². The Labute approximate surface area is 204 Å². The van der Waals surface area contributed by atoms with Crippen molar-refractivity contribution in [2.75, 3.05) is 10.6 Å². The number of allylic oxidation sites excluding steroid dienone is 1. The summed E-state index contributed by atoms with van der Waals surface area (Å²) in [6.45, 7) is 0. The average Bonchev–Trinajstić information content (AvgIpc) is 3.30. The van der Waals surface area contributed by atoms with Crippen molar-refractivity contribution in [3.8, 4) is 0 Å². The predicted octanol–water partition coefficient (Wildman–Crippen LogP) is 5.03. The first-order valence-corrected chi connectivity index (χ1v) is 11.0. The molecule has 2 heterocycles. The molecule has 10 heteroatoms. The maximum Gasteiger partial charge on any atom is 0.270 e. The first-order valence-electron chi connectivity index (χ1n) is 11.0. The number of aromatic nitrogens is 3. The van der Waals surface area contributed by atoms with E-state index < -0.39 is 16.9 Å². The maximum atomic E-state index is 13.5. The maximum absolute atomic E-state index is 13.5. The summed E-state index contributed by atoms with van der Waals surface area (Å²) in [6, 6.07) is 21.3. The summed E-state index contributed by atoms with van der Waals surface area (Å²) in [7, 11) is 0. The summed E-state index contributed by atoms with van der Waals surface area (Å²) in [5, 5.41) is 21.2. The van der Waals surface area contributed by atoms with Crippen LogP contribution < -0.4 is 10.6 Å². The van der Waals surface area contributed by atoms with Gasteiger partial charge >= 0.3 is 0 Å². The zero-order chi connectivity index (χ0) is 25.1. The van der Waals surface area contributed by atoms with Crippen molar-refractivity contribution in [3.63, 3.8) is 0 Å². The van der Waals surface area contributed by atoms with Crippen LogP contribution in [0.3, 0.4) is 0 Å². The highest BCUT2D eigenvalue weighted by atomic mass is 19.1. The first-order chi connectivity index (χ1) is 17.5. The third-order valence-corrected chi connectivity index (χ3v) is 5.51. The quantitative estimate of drug-likeness (QED) is 0.226. The highest BCUT2D eigenvalue weighted by Gasteiger charge is 2.25. The lowest BCUT2D eigenvalue weighted by molar-refractivity contribution is -0.384. The van der Waals surface area contributed by atoms with Crippen LogP contribution in [0.15, 0.2) is 91.0 Å². The molecule has 5 rings (SSSR count). The van der Waals surface area contributed by atoms with Crippen molar-refractivity contribution in [1.29, 1.82) is 0 Å². The van der Waals surface area contributed by atoms with E-state index in [1.165, 1.54) is 36.4 Å². The standard InChI is InChI=1S/C26H19FN6O3/c27-20-12-10-19(11-13-20)23-16-22(18-6-2-1-3-7-18)28-26-30-25(31-32(23)26)29-24(34)14-9-17-5-4-8-21(15-17)33(35)36/h1-16,23H,(H2,28,29,30,31,34)/b14-9+. The molecule has 1 atom stereocenters. The molecular weight excluding hydrogens is 463 g/mol. The number of non-ortho nitro benzene ring substituents is 1. The molecule has 0 spiro atoms. The summed E-state index contributed by atoms with van der Waals surface area (Å²) in [5.41, 5.74) is 2.96. The van der Waals surface area contributed by atoms with E-state index in [2.05, 4.69) is 20.7 Å². The number of benzene rings is 3. The number of hydrogen-bond acceptors (Lipinski definition) is 6. The molecule has 178 valence electrons. The number of amides is 1. The Morgan fingerprint density at radius 3 is 2.61 bits per heavy atom. The molecule has 1 aliphatic heterocycles. The summed E-state index contributed by atoms with van der Waals surface area (Å²) >= 11 is 0. The van der Waals surface area contributed by atoms with E-state index in [1.54, 1.807) is 28.9 Å². The van der Waals surface area contributed by atoms with Gasteiger partial charge in [-0.3, -0.25) is 20.2 Å². The van der Waals surface area contributed by atoms with Crippen molar-refractivity contribution in [3.05, 3.63) is 124 Å². The van der Waals surface area contributed by atoms with Crippen molar-refractivity contribution in [2.45, 2.75) is 6.04 Å². The molecule has 0 bridgehead atoms. The lowest BCUT2D eigenvalue weighted by atomic mass is 10.0. The molecular formula is C26H19FN6O3. The Kier molecular flexibility index (Phi) is 6.06. The Morgan fingerprint density at radius 1 is 1.08 bits per heavy atom. The van der Waals surface area contributed by atoms with Crippen LogP contribution in [0, 0.1) is 15.9 Å². The highest BCUT2D eigenvalue weighted by Crippen LogP contribution is 2.33. The SMILES string of the molecule is O=C(/C=C/c1cccc([N+](=O)[O-])c1)Nc1nc2n(n1)C(c1ccc(F)cc1)C=C(c1ccccc1)N2. The molecule has 4 aromatic rings. The number of fused-ring (bicyclic) bond motifs is 1. The van der Waals surface area contributed by atoms with Gasteiger partial charge in [-0.25, -0.2) is 9.07 Å². The van der Waals surface area contributed by atoms with Gasteiger partial charge in [0, 0.05) is 23.9 Å². The number of nitrogens with one attached hydrogen (secondary N) is 2. The van der Waals surface area contributed by atoms with Crippen LogP contribution in [0.5, 0.6) is 0 Å². The minimum Gasteiger partial charge on any atom is -0.324 e. The molecule has 2 N–H and O–H groups in total. The summed E-state index contributed by atoms with van der Waals surface area (Å²) < 4.78 is 15.2. The van der Waals surface area contributed by atoms with Gasteiger partial charge in [-0.2, -0.15) is 4.98 Å². The van der Waals surface area contributed by atoms with Gasteiger partial charge in [0.2, 0.25) is 5.95 Å². The predicted molar refractivity (Wildman–Crippen MR) is 133 cm³/mol. The van der Waals surface area contributed by atoms with E-state index in [-0.39, 0.29) is 17.5 Å². The molecule has 9 nitrogen and oxygen atoms in total. The van der Waals surface area contributed by atoms with Gasteiger partial charge in [-0.1, -0.05) is 54.6 Å². The van der Waals surface area contributed by atoms with E-state index in [9.17, 15) is 19.3 Å². The molecule has 0 saturated heterocycles. The Hall–Kier alpha value is -5.12. The number of nitro groups is 1. The van der Waals surface area contributed by atoms with E-state index >= 15 is 0 Å². The number of hydrogen-bond donors (Lipinski definition) is 2. The second-order valence-corrected chi connectivity index (χ2v) is 7.95. The van der Waals surface area contributed by atoms with Gasteiger partial charge in [0.15, 0.2) is 0 Å². The fraction of sp³-hybridized carbons (Fsp3) is 0.0385. The fourth-order valence-corrected chi connectivity index (χ4v) is 3.80. The number of anilines is 2. The number of halogens is 1. The van der Waals surface area contributed by atoms with Crippen LogP contribution in [0.25, 0.3) is 11.8 Å². The van der Waals surface area contributed by atoms with Crippen LogP contribution in [-0.2, 0) is 4.79 Å². The minimum atomic E-state index is -0.501. The van der Waals surface area contributed by atoms with Gasteiger partial charge in [-0.05, 0) is 41.0 Å². The molecule has 1 amide bonds. The Morgan fingerprint density at radius 2 is 1.86 bits per heavy atom. The average molecular weight is 482 g/mol. The summed E-state index contributed by atoms with van der Waals surface area (Å²) in [6.07, 6.45) is 4.67. The van der Waals surface area contributed by atoms with Crippen LogP contribution in [0.1, 0.15) is 22.7 Å². The zero-order valence-corrected chi connectivity index (χ0v) is 18.7. The van der Waals surface area contributed by atoms with Gasteiger partial charge in [0.25, 0.3) is 17.5 Å². The zero-order valence-electron chi connectivity index (χ0n) is 18.7. The molecule has 1 aliphatic rings. The third-order valence-electron chi connectivity index (χ3n) is 5.51. The molecule has 0 aliphatic carbocycles. The van der Waals surface area contributed by atoms with Gasteiger partial charge in [0.1, 0.15) is 11.9 Å². The second kappa shape index (κ2) is 9.63. The second-order valence-electron chi connectivity index (χ2n) is 7.95. The van der Waals surface area contributed by atoms with Crippen LogP contribution in [0.4, 0.5) is 22.0 Å². The van der Waals surface area contributed by atoms with Crippen LogP contribution >= 0.6 is 0 Å². The molecule has 0 saturated carbocycles. The smallest absolute Gasteiger partial charge is 0.270 e. The molecule has 3 aromatic carbocycles. The van der Waals surface area contributed by atoms with E-state index in [0.717, 1.165) is 16.8 Å². The van der Waals surface area contributed by atoms with E-state index in [0.29, 0.717) is 11.5 Å². The monoisotopic (exact) mass is 482 g/mol. The number of nitrogens with zero attached hydrogens (tertiary/aromatic N) is 4. The fourth-order valence-electron chi connectivity index (χ4n) is 3.80. The molecule has 36 heavy (non-hydrogen) atoms. The number of rotatable bonds is 6. The molecule has 0 radical (unpaired) electrons. The Balaban J connectivity index is 1.40. The van der Waals surface area contributed by atoms with E-state index in [1.807, 2.05) is 36.4 Å². The molecule has 1 aromatic heterocycles. The van der Waals surface area contributed by atoms with Crippen LogP contribution in [0.2, 0.25) is 0 Å². The summed E-state index contributed by atoms with van der Waals surface area (Å²) in [5.74, 6) is -0.370. The van der Waals surface area contributed by atoms with Gasteiger partial charge in [-0.15, -0.1) is 5.10 Å². The number of carbonyl (C=O) groups is 1. The lowest BCUT2D eigenvalue weighted by Crippen LogP contribution is -2.20. The first kappa shape index (κ1) is 22.7. The van der Waals surface area contributed by atoms with E-state index in [4.69, 9.17) is 0 Å². The largest absolute Gasteiger partial charge is 0.324 e. The van der Waals surface area contributed by atoms with Gasteiger partial charge in [0.05, 0.1) is 4.92 Å². The van der Waals surface area contributed by atoms with Crippen LogP contribution in [-0.4, -0.2) is 25.6 Å². The van der Waals surface area contributed by atoms with Gasteiger partial charge < -0.3 is 5.32 Å². The third kappa shape index (κ3) is 4.87. The highest BCUT2D eigenvalue weighted by molar-refractivity contribution is 6.01. The number of carbonyl (C=O) groups excluding carboxylic acids is 1. The summed E-state index contributed by atoms with van der Waals surface area (Å²) in [4.78, 5) is 27.4. The van der Waals surface area contributed by atoms with Crippen molar-refractivity contribution in [1.82, 2.24) is 14.8 Å².